The van der Waals surface area contributed by atoms with Crippen LogP contribution in [0.5, 0.6) is 11.5 Å². The lowest BCUT2D eigenvalue weighted by Crippen LogP contribution is -2.47. The summed E-state index contributed by atoms with van der Waals surface area (Å²) >= 11 is 1.46. The second-order valence-corrected chi connectivity index (χ2v) is 13.3. The lowest BCUT2D eigenvalue weighted by Gasteiger charge is -2.34. The van der Waals surface area contributed by atoms with E-state index < -0.39 is 16.1 Å². The van der Waals surface area contributed by atoms with Gasteiger partial charge in [-0.1, -0.05) is 31.4 Å². The third-order valence-electron chi connectivity index (χ3n) is 7.25. The molecule has 0 aliphatic heterocycles. The van der Waals surface area contributed by atoms with E-state index in [9.17, 15) is 18.0 Å². The smallest absolute Gasteiger partial charge is 0.248 e. The minimum Gasteiger partial charge on any atom is -0.493 e. The molecule has 0 saturated heterocycles. The van der Waals surface area contributed by atoms with E-state index in [0.29, 0.717) is 22.7 Å². The zero-order valence-corrected chi connectivity index (χ0v) is 25.5. The Morgan fingerprint density at radius 2 is 1.66 bits per heavy atom. The van der Waals surface area contributed by atoms with Crippen molar-refractivity contribution in [1.82, 2.24) is 9.62 Å². The molecule has 0 bridgehead atoms. The molecule has 1 atom stereocenters. The van der Waals surface area contributed by atoms with E-state index in [4.69, 9.17) is 9.47 Å². The van der Waals surface area contributed by atoms with E-state index in [1.54, 1.807) is 30.3 Å². The van der Waals surface area contributed by atoms with Crippen LogP contribution in [-0.4, -0.2) is 58.9 Å². The molecule has 1 aromatic heterocycles. The highest BCUT2D eigenvalue weighted by Gasteiger charge is 2.35. The molecular weight excluding hydrogens is 562 g/mol. The maximum atomic E-state index is 14.1. The van der Waals surface area contributed by atoms with Crippen LogP contribution in [0.15, 0.2) is 64.9 Å². The molecule has 1 fully saturated rings. The van der Waals surface area contributed by atoms with Crippen molar-refractivity contribution in [3.8, 4) is 11.5 Å². The van der Waals surface area contributed by atoms with Crippen LogP contribution in [0.4, 0.5) is 5.69 Å². The summed E-state index contributed by atoms with van der Waals surface area (Å²) in [7, 11) is 2.29. The molecule has 1 N–H and O–H groups in total. The molecule has 0 unspecified atom stereocenters. The number of amides is 2. The SMILES string of the molecule is COc1ccc([C@@H](C(=O)NC2CCCCC2)N(C(=O)Cc2cccs2)c2ccc(S(=O)(=O)N(C)C)cc2)cc1OC. The van der Waals surface area contributed by atoms with Gasteiger partial charge >= 0.3 is 0 Å². The van der Waals surface area contributed by atoms with Crippen molar-refractivity contribution in [2.45, 2.75) is 55.5 Å². The highest BCUT2D eigenvalue weighted by molar-refractivity contribution is 7.89. The minimum atomic E-state index is -3.68. The average molecular weight is 600 g/mol. The lowest BCUT2D eigenvalue weighted by molar-refractivity contribution is -0.127. The number of ether oxygens (including phenoxy) is 2. The first-order valence-corrected chi connectivity index (χ1v) is 15.9. The number of nitrogens with zero attached hydrogens (tertiary/aromatic N) is 2. The molecule has 2 amide bonds. The van der Waals surface area contributed by atoms with Crippen molar-refractivity contribution in [1.29, 1.82) is 0 Å². The Balaban J connectivity index is 1.83. The molecule has 0 spiro atoms. The number of hydrogen-bond donors (Lipinski definition) is 1. The molecule has 41 heavy (non-hydrogen) atoms. The number of hydrogen-bond acceptors (Lipinski definition) is 7. The normalized spacial score (nSPS) is 14.9. The Labute approximate surface area is 246 Å². The first-order valence-electron chi connectivity index (χ1n) is 13.5. The molecule has 3 aromatic rings. The van der Waals surface area contributed by atoms with Crippen LogP contribution < -0.4 is 19.7 Å². The van der Waals surface area contributed by atoms with Crippen molar-refractivity contribution in [2.75, 3.05) is 33.2 Å². The average Bonchev–Trinajstić information content (AvgIpc) is 3.49. The number of thiophene rings is 1. The molecule has 1 saturated carbocycles. The van der Waals surface area contributed by atoms with Gasteiger partial charge in [-0.15, -0.1) is 11.3 Å². The van der Waals surface area contributed by atoms with E-state index in [2.05, 4.69) is 5.32 Å². The van der Waals surface area contributed by atoms with Gasteiger partial charge in [0.1, 0.15) is 6.04 Å². The fourth-order valence-corrected chi connectivity index (χ4v) is 6.64. The van der Waals surface area contributed by atoms with Crippen LogP contribution in [0, 0.1) is 0 Å². The summed E-state index contributed by atoms with van der Waals surface area (Å²) < 4.78 is 37.5. The summed E-state index contributed by atoms with van der Waals surface area (Å²) in [5, 5.41) is 5.09. The van der Waals surface area contributed by atoms with Crippen LogP contribution in [0.25, 0.3) is 0 Å². The summed E-state index contributed by atoms with van der Waals surface area (Å²) in [6.45, 7) is 0. The lowest BCUT2D eigenvalue weighted by atomic mass is 9.94. The first kappa shape index (κ1) is 30.5. The van der Waals surface area contributed by atoms with Gasteiger partial charge in [-0.25, -0.2) is 12.7 Å². The maximum Gasteiger partial charge on any atom is 0.248 e. The van der Waals surface area contributed by atoms with Gasteiger partial charge in [0, 0.05) is 30.7 Å². The number of nitrogens with one attached hydrogen (secondary N) is 1. The fraction of sp³-hybridized carbons (Fsp3) is 0.400. The van der Waals surface area contributed by atoms with Gasteiger partial charge in [0.05, 0.1) is 25.5 Å². The molecule has 1 aliphatic carbocycles. The molecule has 1 aliphatic rings. The summed E-state index contributed by atoms with van der Waals surface area (Å²) in [4.78, 5) is 30.6. The van der Waals surface area contributed by atoms with Gasteiger partial charge in [-0.3, -0.25) is 14.5 Å². The Morgan fingerprint density at radius 1 is 0.976 bits per heavy atom. The van der Waals surface area contributed by atoms with Crippen LogP contribution in [0.3, 0.4) is 0 Å². The predicted octanol–water partition coefficient (Wildman–Crippen LogP) is 4.78. The van der Waals surface area contributed by atoms with Gasteiger partial charge < -0.3 is 14.8 Å². The number of methoxy groups -OCH3 is 2. The Bertz CT molecular complexity index is 1430. The third kappa shape index (κ3) is 7.09. The topological polar surface area (TPSA) is 105 Å². The summed E-state index contributed by atoms with van der Waals surface area (Å²) in [5.41, 5.74) is 0.948. The molecule has 0 radical (unpaired) electrons. The number of rotatable bonds is 11. The van der Waals surface area contributed by atoms with Crippen LogP contribution >= 0.6 is 11.3 Å². The minimum absolute atomic E-state index is 0.0146. The van der Waals surface area contributed by atoms with Crippen LogP contribution in [0.1, 0.15) is 48.6 Å². The quantitative estimate of drug-likeness (QED) is 0.340. The monoisotopic (exact) mass is 599 g/mol. The van der Waals surface area contributed by atoms with Gasteiger partial charge in [0.25, 0.3) is 0 Å². The molecule has 9 nitrogen and oxygen atoms in total. The van der Waals surface area contributed by atoms with Gasteiger partial charge in [0.15, 0.2) is 11.5 Å². The number of carbonyl (C=O) groups is 2. The summed E-state index contributed by atoms with van der Waals surface area (Å²) in [6, 6.07) is 14.0. The zero-order chi connectivity index (χ0) is 29.6. The van der Waals surface area contributed by atoms with E-state index >= 15 is 0 Å². The first-order chi connectivity index (χ1) is 19.6. The molecule has 1 heterocycles. The Hall–Kier alpha value is -3.41. The van der Waals surface area contributed by atoms with E-state index in [-0.39, 0.29) is 29.2 Å². The third-order valence-corrected chi connectivity index (χ3v) is 9.95. The van der Waals surface area contributed by atoms with Crippen molar-refractivity contribution < 1.29 is 27.5 Å². The Morgan fingerprint density at radius 3 is 2.24 bits per heavy atom. The fourth-order valence-electron chi connectivity index (χ4n) is 5.04. The molecule has 220 valence electrons. The van der Waals surface area contributed by atoms with E-state index in [0.717, 1.165) is 41.3 Å². The highest BCUT2D eigenvalue weighted by Crippen LogP contribution is 2.36. The standard InChI is InChI=1S/C30H37N3O6S2/c1-32(2)41(36,37)25-15-13-23(14-16-25)33(28(34)20-24-11-8-18-40-24)29(30(35)31-22-9-6-5-7-10-22)21-12-17-26(38-3)27(19-21)39-4/h8,11-19,22,29H,5-7,9-10,20H2,1-4H3,(H,31,35)/t29-/m0/s1. The number of carbonyl (C=O) groups excluding carboxylic acids is 2. The largest absolute Gasteiger partial charge is 0.493 e. The van der Waals surface area contributed by atoms with Crippen molar-refractivity contribution >= 4 is 38.9 Å². The zero-order valence-electron chi connectivity index (χ0n) is 23.8. The second-order valence-electron chi connectivity index (χ2n) is 10.2. The highest BCUT2D eigenvalue weighted by atomic mass is 32.2. The van der Waals surface area contributed by atoms with Crippen molar-refractivity contribution in [3.63, 3.8) is 0 Å². The molecule has 4 rings (SSSR count). The molecule has 2 aromatic carbocycles. The van der Waals surface area contributed by atoms with Crippen LogP contribution in [0.2, 0.25) is 0 Å². The van der Waals surface area contributed by atoms with Gasteiger partial charge in [-0.2, -0.15) is 0 Å². The number of benzene rings is 2. The molecule has 11 heteroatoms. The van der Waals surface area contributed by atoms with Crippen molar-refractivity contribution in [3.05, 3.63) is 70.4 Å². The number of anilines is 1. The predicted molar refractivity (Wildman–Crippen MR) is 160 cm³/mol. The number of sulfonamides is 1. The van der Waals surface area contributed by atoms with Crippen LogP contribution in [-0.2, 0) is 26.0 Å². The van der Waals surface area contributed by atoms with Crippen molar-refractivity contribution in [2.24, 2.45) is 0 Å². The second kappa shape index (κ2) is 13.5. The van der Waals surface area contributed by atoms with E-state index in [1.807, 2.05) is 17.5 Å². The summed E-state index contributed by atoms with van der Waals surface area (Å²) in [6.07, 6.45) is 5.05. The molecular formula is C30H37N3O6S2. The Kier molecular flexibility index (Phi) is 10.1. The maximum absolute atomic E-state index is 14.1. The van der Waals surface area contributed by atoms with E-state index in [1.165, 1.54) is 56.7 Å². The van der Waals surface area contributed by atoms with Gasteiger partial charge in [0.2, 0.25) is 21.8 Å². The van der Waals surface area contributed by atoms with Gasteiger partial charge in [-0.05, 0) is 66.2 Å². The summed E-state index contributed by atoms with van der Waals surface area (Å²) in [5.74, 6) is 0.318.